The molecule has 7 aromatic carbocycles. The lowest BCUT2D eigenvalue weighted by Gasteiger charge is -2.45. The van der Waals surface area contributed by atoms with Crippen LogP contribution >= 0.6 is 0 Å². The van der Waals surface area contributed by atoms with E-state index in [-0.39, 0.29) is 0 Å². The fourth-order valence-electron chi connectivity index (χ4n) is 8.56. The Labute approximate surface area is 294 Å². The van der Waals surface area contributed by atoms with Gasteiger partial charge in [0.05, 0.1) is 33.5 Å². The maximum absolute atomic E-state index is 6.90. The molecule has 0 saturated carbocycles. The smallest absolute Gasteiger partial charge is 0.160 e. The molecule has 1 spiro atoms. The van der Waals surface area contributed by atoms with Crippen LogP contribution in [0.5, 0.6) is 11.5 Å². The number of rotatable bonds is 3. The molecule has 51 heavy (non-hydrogen) atoms. The molecule has 0 radical (unpaired) electrons. The molecule has 0 bridgehead atoms. The second kappa shape index (κ2) is 10.6. The van der Waals surface area contributed by atoms with Crippen molar-refractivity contribution in [3.05, 3.63) is 198 Å². The summed E-state index contributed by atoms with van der Waals surface area (Å²) in [6.45, 7) is 0. The van der Waals surface area contributed by atoms with Gasteiger partial charge in [-0.15, -0.1) is 0 Å². The van der Waals surface area contributed by atoms with Crippen molar-refractivity contribution in [2.45, 2.75) is 5.41 Å². The number of para-hydroxylation sites is 4. The van der Waals surface area contributed by atoms with Crippen molar-refractivity contribution in [1.29, 1.82) is 0 Å². The zero-order valence-electron chi connectivity index (χ0n) is 27.5. The van der Waals surface area contributed by atoms with Crippen molar-refractivity contribution in [3.8, 4) is 51.1 Å². The van der Waals surface area contributed by atoms with E-state index in [0.29, 0.717) is 5.82 Å². The van der Waals surface area contributed by atoms with E-state index in [2.05, 4.69) is 144 Å². The molecule has 238 valence electrons. The van der Waals surface area contributed by atoms with Gasteiger partial charge in [0.1, 0.15) is 11.5 Å². The third-order valence-corrected chi connectivity index (χ3v) is 10.7. The Hall–Kier alpha value is -6.78. The average molecular weight is 652 g/mol. The van der Waals surface area contributed by atoms with Crippen LogP contribution in [0.1, 0.15) is 22.3 Å². The molecule has 4 heteroatoms. The van der Waals surface area contributed by atoms with E-state index in [0.717, 1.165) is 50.7 Å². The first kappa shape index (κ1) is 28.1. The van der Waals surface area contributed by atoms with Crippen molar-refractivity contribution < 1.29 is 4.74 Å². The lowest BCUT2D eigenvalue weighted by atomic mass is 9.61. The highest BCUT2D eigenvalue weighted by Gasteiger charge is 2.50. The highest BCUT2D eigenvalue weighted by Crippen LogP contribution is 2.60. The van der Waals surface area contributed by atoms with E-state index in [9.17, 15) is 0 Å². The van der Waals surface area contributed by atoms with Crippen molar-refractivity contribution in [2.75, 3.05) is 0 Å². The van der Waals surface area contributed by atoms with Gasteiger partial charge in [0.25, 0.3) is 0 Å². The highest BCUT2D eigenvalue weighted by atomic mass is 16.5. The lowest BCUT2D eigenvalue weighted by molar-refractivity contribution is 0.434. The summed E-state index contributed by atoms with van der Waals surface area (Å²) in [4.78, 5) is 10.2. The summed E-state index contributed by atoms with van der Waals surface area (Å²) in [6, 6.07) is 62.2. The van der Waals surface area contributed by atoms with Gasteiger partial charge in [-0.25, -0.2) is 9.97 Å². The van der Waals surface area contributed by atoms with Gasteiger partial charge < -0.3 is 9.30 Å². The van der Waals surface area contributed by atoms with E-state index < -0.39 is 5.41 Å². The van der Waals surface area contributed by atoms with Crippen LogP contribution < -0.4 is 4.74 Å². The quantitative estimate of drug-likeness (QED) is 0.191. The lowest BCUT2D eigenvalue weighted by Crippen LogP contribution is -2.37. The predicted molar refractivity (Wildman–Crippen MR) is 205 cm³/mol. The number of hydrogen-bond donors (Lipinski definition) is 0. The van der Waals surface area contributed by atoms with Crippen LogP contribution in [0.3, 0.4) is 0 Å². The number of fused-ring (bicyclic) bond motifs is 11. The van der Waals surface area contributed by atoms with Gasteiger partial charge in [0, 0.05) is 38.6 Å². The molecular weight excluding hydrogens is 623 g/mol. The molecule has 11 rings (SSSR count). The molecule has 1 atom stereocenters. The van der Waals surface area contributed by atoms with Crippen molar-refractivity contribution >= 4 is 21.8 Å². The van der Waals surface area contributed by atoms with Crippen molar-refractivity contribution in [3.63, 3.8) is 0 Å². The molecule has 0 aliphatic carbocycles. The SMILES string of the molecule is c1ccc(-c2cc(-c3ccc4c(c3)Oc3ccccc3C43c4ccccc4-n4c5ccccc5c5cccc3c54)nc(-c3ccccc3)n2)cc1. The van der Waals surface area contributed by atoms with Crippen LogP contribution in [0, 0.1) is 0 Å². The van der Waals surface area contributed by atoms with Crippen molar-refractivity contribution in [1.82, 2.24) is 14.5 Å². The van der Waals surface area contributed by atoms with E-state index in [1.54, 1.807) is 0 Å². The minimum absolute atomic E-state index is 0.612. The highest BCUT2D eigenvalue weighted by molar-refractivity contribution is 6.12. The molecule has 9 aromatic rings. The first-order valence-corrected chi connectivity index (χ1v) is 17.3. The largest absolute Gasteiger partial charge is 0.457 e. The summed E-state index contributed by atoms with van der Waals surface area (Å²) in [5.41, 5.74) is 12.5. The Morgan fingerprint density at radius 1 is 0.431 bits per heavy atom. The third-order valence-electron chi connectivity index (χ3n) is 10.7. The Morgan fingerprint density at radius 2 is 1.06 bits per heavy atom. The number of aromatic nitrogens is 3. The Bertz CT molecular complexity index is 2780. The van der Waals surface area contributed by atoms with Gasteiger partial charge in [-0.1, -0.05) is 146 Å². The van der Waals surface area contributed by atoms with Gasteiger partial charge in [-0.05, 0) is 41.5 Å². The molecular formula is C47H29N3O. The maximum Gasteiger partial charge on any atom is 0.160 e. The zero-order chi connectivity index (χ0) is 33.5. The van der Waals surface area contributed by atoms with Gasteiger partial charge in [-0.2, -0.15) is 0 Å². The Kier molecular flexibility index (Phi) is 5.84. The van der Waals surface area contributed by atoms with Crippen LogP contribution in [-0.4, -0.2) is 14.5 Å². The minimum atomic E-state index is -0.612. The summed E-state index contributed by atoms with van der Waals surface area (Å²) in [6.07, 6.45) is 0. The first-order chi connectivity index (χ1) is 25.3. The van der Waals surface area contributed by atoms with Gasteiger partial charge in [0.15, 0.2) is 5.82 Å². The first-order valence-electron chi connectivity index (χ1n) is 17.3. The fraction of sp³-hybridized carbons (Fsp3) is 0.0213. The van der Waals surface area contributed by atoms with Crippen LogP contribution in [0.4, 0.5) is 0 Å². The zero-order valence-corrected chi connectivity index (χ0v) is 27.5. The summed E-state index contributed by atoms with van der Waals surface area (Å²) in [5, 5.41) is 2.51. The monoisotopic (exact) mass is 651 g/mol. The van der Waals surface area contributed by atoms with Crippen LogP contribution in [0.25, 0.3) is 61.4 Å². The Morgan fingerprint density at radius 3 is 1.90 bits per heavy atom. The molecule has 0 amide bonds. The summed E-state index contributed by atoms with van der Waals surface area (Å²) in [7, 11) is 0. The predicted octanol–water partition coefficient (Wildman–Crippen LogP) is 11.4. The number of ether oxygens (including phenoxy) is 1. The van der Waals surface area contributed by atoms with Crippen molar-refractivity contribution in [2.24, 2.45) is 0 Å². The third kappa shape index (κ3) is 3.90. The molecule has 0 fully saturated rings. The van der Waals surface area contributed by atoms with Crippen LogP contribution in [-0.2, 0) is 5.41 Å². The van der Waals surface area contributed by atoms with E-state index >= 15 is 0 Å². The molecule has 2 aliphatic heterocycles. The minimum Gasteiger partial charge on any atom is -0.457 e. The molecule has 4 heterocycles. The summed E-state index contributed by atoms with van der Waals surface area (Å²) < 4.78 is 9.37. The standard InChI is InChI=1S/C47H29N3O/c1-3-14-30(15-4-1)39-29-40(49-46(48-39)31-16-5-2-6-17-31)32-26-27-37-44(28-32)51-43-25-12-9-21-36(43)47(37)35-20-8-11-24-42(35)50-41-23-10-7-18-33(41)34-19-13-22-38(47)45(34)50/h1-29H. The number of benzene rings is 7. The summed E-state index contributed by atoms with van der Waals surface area (Å²) >= 11 is 0. The van der Waals surface area contributed by atoms with Crippen LogP contribution in [0.15, 0.2) is 176 Å². The van der Waals surface area contributed by atoms with Gasteiger partial charge in [-0.3, -0.25) is 0 Å². The molecule has 2 aromatic heterocycles. The normalized spacial score (nSPS) is 15.3. The van der Waals surface area contributed by atoms with Gasteiger partial charge in [0.2, 0.25) is 0 Å². The van der Waals surface area contributed by atoms with Crippen LogP contribution in [0.2, 0.25) is 0 Å². The summed E-state index contributed by atoms with van der Waals surface area (Å²) in [5.74, 6) is 2.37. The topological polar surface area (TPSA) is 39.9 Å². The Balaban J connectivity index is 1.20. The number of hydrogen-bond acceptors (Lipinski definition) is 3. The number of nitrogens with zero attached hydrogens (tertiary/aromatic N) is 3. The van der Waals surface area contributed by atoms with E-state index in [1.807, 2.05) is 36.4 Å². The molecule has 4 nitrogen and oxygen atoms in total. The van der Waals surface area contributed by atoms with E-state index in [4.69, 9.17) is 14.7 Å². The molecule has 0 N–H and O–H groups in total. The average Bonchev–Trinajstić information content (AvgIpc) is 3.55. The second-order valence-corrected chi connectivity index (χ2v) is 13.3. The molecule has 1 unspecified atom stereocenters. The fourth-order valence-corrected chi connectivity index (χ4v) is 8.56. The van der Waals surface area contributed by atoms with Gasteiger partial charge >= 0.3 is 0 Å². The molecule has 2 aliphatic rings. The second-order valence-electron chi connectivity index (χ2n) is 13.3. The maximum atomic E-state index is 6.90. The molecule has 0 saturated heterocycles. The van der Waals surface area contributed by atoms with E-state index in [1.165, 1.54) is 38.6 Å².